The van der Waals surface area contributed by atoms with Gasteiger partial charge in [-0.15, -0.1) is 11.6 Å². The molecule has 3 rings (SSSR count). The predicted molar refractivity (Wildman–Crippen MR) is 84.3 cm³/mol. The summed E-state index contributed by atoms with van der Waals surface area (Å²) in [7, 11) is 0. The summed E-state index contributed by atoms with van der Waals surface area (Å²) in [5.41, 5.74) is 1.14. The van der Waals surface area contributed by atoms with Gasteiger partial charge in [0.25, 0.3) is 5.56 Å². The second-order valence-electron chi connectivity index (χ2n) is 4.67. The monoisotopic (exact) mass is 321 g/mol. The van der Waals surface area contributed by atoms with Crippen molar-refractivity contribution in [1.82, 2.24) is 14.5 Å². The Hall–Kier alpha value is -1.92. The topological polar surface area (TPSA) is 67.8 Å². The van der Waals surface area contributed by atoms with Crippen molar-refractivity contribution in [3.63, 3.8) is 0 Å². The van der Waals surface area contributed by atoms with E-state index in [0.717, 1.165) is 11.3 Å². The molecule has 0 aliphatic heterocycles. The Bertz CT molecular complexity index is 910. The van der Waals surface area contributed by atoms with E-state index in [9.17, 15) is 9.59 Å². The van der Waals surface area contributed by atoms with Crippen LogP contribution in [-0.4, -0.2) is 14.5 Å². The highest BCUT2D eigenvalue weighted by molar-refractivity contribution is 7.07. The van der Waals surface area contributed by atoms with E-state index >= 15 is 0 Å². The highest BCUT2D eigenvalue weighted by atomic mass is 35.5. The van der Waals surface area contributed by atoms with E-state index in [1.54, 1.807) is 30.5 Å². The third-order valence-corrected chi connectivity index (χ3v) is 4.06. The second kappa shape index (κ2) is 5.46. The quantitative estimate of drug-likeness (QED) is 0.754. The van der Waals surface area contributed by atoms with Gasteiger partial charge in [-0.1, -0.05) is 23.5 Å². The van der Waals surface area contributed by atoms with Gasteiger partial charge in [0.2, 0.25) is 0 Å². The molecule has 0 bridgehead atoms. The Kier molecular flexibility index (Phi) is 3.65. The van der Waals surface area contributed by atoms with E-state index in [0.29, 0.717) is 22.4 Å². The first-order chi connectivity index (χ1) is 10.1. The maximum Gasteiger partial charge on any atom is 0.304 e. The molecule has 1 unspecified atom stereocenters. The van der Waals surface area contributed by atoms with Gasteiger partial charge in [-0.05, 0) is 19.1 Å². The third kappa shape index (κ3) is 2.64. The Morgan fingerprint density at radius 3 is 2.81 bits per heavy atom. The molecule has 3 aromatic rings. The lowest BCUT2D eigenvalue weighted by molar-refractivity contribution is 0.668. The first-order valence-corrected chi connectivity index (χ1v) is 7.68. The van der Waals surface area contributed by atoms with Gasteiger partial charge in [0.1, 0.15) is 5.82 Å². The number of nitrogens with zero attached hydrogens (tertiary/aromatic N) is 2. The molecular weight excluding hydrogens is 310 g/mol. The number of benzene rings is 1. The highest BCUT2D eigenvalue weighted by Gasteiger charge is 2.15. The Balaban J connectivity index is 2.23. The average molecular weight is 322 g/mol. The number of rotatable bonds is 3. The van der Waals surface area contributed by atoms with Crippen LogP contribution in [-0.2, 0) is 6.54 Å². The van der Waals surface area contributed by atoms with Crippen LogP contribution in [0.1, 0.15) is 23.8 Å². The zero-order chi connectivity index (χ0) is 15.0. The lowest BCUT2D eigenvalue weighted by Crippen LogP contribution is -2.26. The van der Waals surface area contributed by atoms with Crippen molar-refractivity contribution in [2.24, 2.45) is 0 Å². The van der Waals surface area contributed by atoms with Crippen molar-refractivity contribution in [3.05, 3.63) is 61.2 Å². The summed E-state index contributed by atoms with van der Waals surface area (Å²) < 4.78 is 1.51. The van der Waals surface area contributed by atoms with Gasteiger partial charge < -0.3 is 4.98 Å². The summed E-state index contributed by atoms with van der Waals surface area (Å²) in [6.07, 6.45) is 0. The van der Waals surface area contributed by atoms with Crippen LogP contribution < -0.4 is 10.4 Å². The molecule has 1 aromatic carbocycles. The largest absolute Gasteiger partial charge is 0.315 e. The molecule has 0 saturated heterocycles. The lowest BCUT2D eigenvalue weighted by atomic mass is 10.2. The van der Waals surface area contributed by atoms with Crippen LogP contribution in [0.4, 0.5) is 0 Å². The fraction of sp³-hybridized carbons (Fsp3) is 0.214. The average Bonchev–Trinajstić information content (AvgIpc) is 2.87. The number of H-pyrrole nitrogens is 1. The van der Waals surface area contributed by atoms with E-state index in [1.165, 1.54) is 4.57 Å². The van der Waals surface area contributed by atoms with Crippen molar-refractivity contribution in [2.45, 2.75) is 18.8 Å². The molecule has 0 spiro atoms. The molecule has 7 heteroatoms. The van der Waals surface area contributed by atoms with Gasteiger partial charge >= 0.3 is 4.87 Å². The molecule has 0 radical (unpaired) electrons. The van der Waals surface area contributed by atoms with Gasteiger partial charge in [0.05, 0.1) is 22.8 Å². The van der Waals surface area contributed by atoms with E-state index in [-0.39, 0.29) is 17.0 Å². The SMILES string of the molecule is CC(Cl)c1nc2ccccc2c(=O)n1Cc1csc(=O)[nH]1. The summed E-state index contributed by atoms with van der Waals surface area (Å²) >= 11 is 7.23. The minimum atomic E-state index is -0.410. The molecular formula is C14H12ClN3O2S. The summed E-state index contributed by atoms with van der Waals surface area (Å²) in [4.78, 5) is 30.9. The van der Waals surface area contributed by atoms with Gasteiger partial charge in [-0.25, -0.2) is 4.98 Å². The summed E-state index contributed by atoms with van der Waals surface area (Å²) in [5.74, 6) is 0.493. The number of nitrogens with one attached hydrogen (secondary N) is 1. The summed E-state index contributed by atoms with van der Waals surface area (Å²) in [5, 5.41) is 1.83. The zero-order valence-corrected chi connectivity index (χ0v) is 12.7. The standard InChI is InChI=1S/C14H12ClN3O2S/c1-8(15)12-17-11-5-3-2-4-10(11)13(19)18(12)6-9-7-21-14(20)16-9/h2-5,7-8H,6H2,1H3,(H,16,20). The smallest absolute Gasteiger partial charge is 0.304 e. The van der Waals surface area contributed by atoms with E-state index < -0.39 is 5.38 Å². The number of halogens is 1. The number of thiazole rings is 1. The molecule has 0 amide bonds. The van der Waals surface area contributed by atoms with Crippen LogP contribution >= 0.6 is 22.9 Å². The van der Waals surface area contributed by atoms with Crippen molar-refractivity contribution in [1.29, 1.82) is 0 Å². The third-order valence-electron chi connectivity index (χ3n) is 3.15. The molecule has 0 saturated carbocycles. The van der Waals surface area contributed by atoms with Crippen LogP contribution in [0.3, 0.4) is 0 Å². The lowest BCUT2D eigenvalue weighted by Gasteiger charge is -2.14. The molecule has 5 nitrogen and oxygen atoms in total. The molecule has 2 aromatic heterocycles. The van der Waals surface area contributed by atoms with Crippen LogP contribution in [0.2, 0.25) is 0 Å². The molecule has 0 aliphatic carbocycles. The number of hydrogen-bond donors (Lipinski definition) is 1. The number of aromatic amines is 1. The predicted octanol–water partition coefficient (Wildman–Crippen LogP) is 2.49. The molecule has 1 N–H and O–H groups in total. The first kappa shape index (κ1) is 14.0. The molecule has 0 fully saturated rings. The van der Waals surface area contributed by atoms with Gasteiger partial charge in [-0.3, -0.25) is 14.2 Å². The maximum atomic E-state index is 12.6. The van der Waals surface area contributed by atoms with Crippen molar-refractivity contribution in [3.8, 4) is 0 Å². The number of hydrogen-bond acceptors (Lipinski definition) is 4. The molecule has 21 heavy (non-hydrogen) atoms. The van der Waals surface area contributed by atoms with Crippen molar-refractivity contribution in [2.75, 3.05) is 0 Å². The minimum Gasteiger partial charge on any atom is -0.315 e. The number of aromatic nitrogens is 3. The van der Waals surface area contributed by atoms with Crippen LogP contribution in [0, 0.1) is 0 Å². The van der Waals surface area contributed by atoms with Crippen molar-refractivity contribution < 1.29 is 0 Å². The Labute approximate surface area is 128 Å². The Morgan fingerprint density at radius 1 is 1.38 bits per heavy atom. The second-order valence-corrected chi connectivity index (χ2v) is 6.16. The van der Waals surface area contributed by atoms with E-state index in [2.05, 4.69) is 9.97 Å². The fourth-order valence-electron chi connectivity index (χ4n) is 2.20. The molecule has 2 heterocycles. The van der Waals surface area contributed by atoms with E-state index in [4.69, 9.17) is 11.6 Å². The van der Waals surface area contributed by atoms with E-state index in [1.807, 2.05) is 6.07 Å². The van der Waals surface area contributed by atoms with Crippen LogP contribution in [0.15, 0.2) is 39.2 Å². The maximum absolute atomic E-state index is 12.6. The molecule has 108 valence electrons. The summed E-state index contributed by atoms with van der Waals surface area (Å²) in [6.45, 7) is 2.02. The minimum absolute atomic E-state index is 0.146. The van der Waals surface area contributed by atoms with Gasteiger partial charge in [0, 0.05) is 11.1 Å². The molecule has 1 atom stereocenters. The highest BCUT2D eigenvalue weighted by Crippen LogP contribution is 2.19. The molecule has 0 aliphatic rings. The van der Waals surface area contributed by atoms with Gasteiger partial charge in [0.15, 0.2) is 0 Å². The Morgan fingerprint density at radius 2 is 2.14 bits per heavy atom. The van der Waals surface area contributed by atoms with Crippen LogP contribution in [0.5, 0.6) is 0 Å². The van der Waals surface area contributed by atoms with Crippen LogP contribution in [0.25, 0.3) is 10.9 Å². The summed E-state index contributed by atoms with van der Waals surface area (Å²) in [6, 6.07) is 7.15. The number of fused-ring (bicyclic) bond motifs is 1. The fourth-order valence-corrected chi connectivity index (χ4v) is 2.94. The first-order valence-electron chi connectivity index (χ1n) is 6.36. The normalized spacial score (nSPS) is 12.7. The van der Waals surface area contributed by atoms with Gasteiger partial charge in [-0.2, -0.15) is 0 Å². The van der Waals surface area contributed by atoms with Crippen molar-refractivity contribution >= 4 is 33.8 Å². The zero-order valence-electron chi connectivity index (χ0n) is 11.2. The number of alkyl halides is 1. The number of para-hydroxylation sites is 1.